The molecule has 2 aromatic rings. The quantitative estimate of drug-likeness (QED) is 0.224. The van der Waals surface area contributed by atoms with E-state index < -0.39 is 0 Å². The van der Waals surface area contributed by atoms with Gasteiger partial charge in [0.15, 0.2) is 5.96 Å². The third-order valence-corrected chi connectivity index (χ3v) is 5.99. The number of para-hydroxylation sites is 2. The fourth-order valence-corrected chi connectivity index (χ4v) is 4.10. The Morgan fingerprint density at radius 2 is 1.77 bits per heavy atom. The summed E-state index contributed by atoms with van der Waals surface area (Å²) in [6.07, 6.45) is 6.21. The Kier molecular flexibility index (Phi) is 10.9. The van der Waals surface area contributed by atoms with Crippen LogP contribution in [0, 0.1) is 12.8 Å². The highest BCUT2D eigenvalue weighted by Gasteiger charge is 2.14. The number of hydrogen-bond donors (Lipinski definition) is 2. The molecule has 0 aliphatic carbocycles. The minimum absolute atomic E-state index is 0. The van der Waals surface area contributed by atoms with Gasteiger partial charge in [0, 0.05) is 26.7 Å². The molecular formula is C23H39IN6. The summed E-state index contributed by atoms with van der Waals surface area (Å²) in [6.45, 7) is 11.1. The number of piperidine rings is 1. The van der Waals surface area contributed by atoms with Crippen molar-refractivity contribution in [1.82, 2.24) is 25.1 Å². The van der Waals surface area contributed by atoms with Gasteiger partial charge in [-0.1, -0.05) is 19.1 Å². The smallest absolute Gasteiger partial charge is 0.190 e. The van der Waals surface area contributed by atoms with Crippen LogP contribution < -0.4 is 10.6 Å². The van der Waals surface area contributed by atoms with E-state index in [1.807, 2.05) is 13.1 Å². The molecule has 30 heavy (non-hydrogen) atoms. The van der Waals surface area contributed by atoms with Gasteiger partial charge in [0.05, 0.1) is 11.0 Å². The summed E-state index contributed by atoms with van der Waals surface area (Å²) in [6, 6.07) is 8.35. The molecule has 1 aliphatic rings. The van der Waals surface area contributed by atoms with Crippen molar-refractivity contribution in [3.05, 3.63) is 30.1 Å². The van der Waals surface area contributed by atoms with Crippen molar-refractivity contribution >= 4 is 41.0 Å². The number of hydrogen-bond acceptors (Lipinski definition) is 3. The van der Waals surface area contributed by atoms with Gasteiger partial charge in [-0.05, 0) is 76.7 Å². The molecule has 168 valence electrons. The third-order valence-electron chi connectivity index (χ3n) is 5.99. The number of nitrogens with zero attached hydrogens (tertiary/aromatic N) is 4. The van der Waals surface area contributed by atoms with Crippen LogP contribution in [0.2, 0.25) is 0 Å². The zero-order valence-corrected chi connectivity index (χ0v) is 21.2. The summed E-state index contributed by atoms with van der Waals surface area (Å²) in [4.78, 5) is 11.6. The van der Waals surface area contributed by atoms with E-state index >= 15 is 0 Å². The fourth-order valence-electron chi connectivity index (χ4n) is 4.10. The summed E-state index contributed by atoms with van der Waals surface area (Å²) in [7, 11) is 1.84. The van der Waals surface area contributed by atoms with E-state index in [4.69, 9.17) is 0 Å². The first-order chi connectivity index (χ1) is 14.2. The molecule has 0 atom stereocenters. The van der Waals surface area contributed by atoms with E-state index in [0.717, 1.165) is 49.3 Å². The summed E-state index contributed by atoms with van der Waals surface area (Å²) in [5.41, 5.74) is 2.30. The number of aryl methyl sites for hydroxylation is 2. The molecule has 0 unspecified atom stereocenters. The van der Waals surface area contributed by atoms with Crippen LogP contribution in [0.15, 0.2) is 29.3 Å². The van der Waals surface area contributed by atoms with E-state index in [1.54, 1.807) is 0 Å². The molecule has 0 bridgehead atoms. The molecule has 1 aromatic carbocycles. The van der Waals surface area contributed by atoms with Crippen LogP contribution in [0.4, 0.5) is 0 Å². The van der Waals surface area contributed by atoms with Gasteiger partial charge in [-0.25, -0.2) is 4.98 Å². The number of halogens is 1. The molecule has 3 rings (SSSR count). The highest BCUT2D eigenvalue weighted by Crippen LogP contribution is 2.16. The van der Waals surface area contributed by atoms with Gasteiger partial charge in [0.25, 0.3) is 0 Å². The molecule has 1 fully saturated rings. The van der Waals surface area contributed by atoms with Crippen molar-refractivity contribution in [2.45, 2.75) is 52.5 Å². The summed E-state index contributed by atoms with van der Waals surface area (Å²) in [5.74, 6) is 2.90. The van der Waals surface area contributed by atoms with Crippen molar-refractivity contribution in [2.24, 2.45) is 10.9 Å². The number of rotatable bonds is 9. The number of fused-ring (bicyclic) bond motifs is 1. The number of unbranched alkanes of at least 4 members (excludes halogenated alkanes) is 1. The number of likely N-dealkylation sites (tertiary alicyclic amines) is 1. The van der Waals surface area contributed by atoms with Gasteiger partial charge in [0.2, 0.25) is 0 Å². The van der Waals surface area contributed by atoms with E-state index in [-0.39, 0.29) is 24.0 Å². The van der Waals surface area contributed by atoms with Crippen molar-refractivity contribution in [2.75, 3.05) is 39.8 Å². The Morgan fingerprint density at radius 3 is 2.50 bits per heavy atom. The van der Waals surface area contributed by atoms with Crippen LogP contribution in [-0.4, -0.2) is 60.2 Å². The highest BCUT2D eigenvalue weighted by molar-refractivity contribution is 14.0. The Bertz CT molecular complexity index is 779. The first kappa shape index (κ1) is 24.9. The van der Waals surface area contributed by atoms with Crippen LogP contribution in [-0.2, 0) is 6.54 Å². The van der Waals surface area contributed by atoms with Gasteiger partial charge >= 0.3 is 0 Å². The summed E-state index contributed by atoms with van der Waals surface area (Å²) < 4.78 is 2.30. The monoisotopic (exact) mass is 526 g/mol. The molecule has 1 saturated heterocycles. The van der Waals surface area contributed by atoms with Crippen LogP contribution in [0.25, 0.3) is 11.0 Å². The minimum Gasteiger partial charge on any atom is -0.356 e. The lowest BCUT2D eigenvalue weighted by Crippen LogP contribution is -2.39. The van der Waals surface area contributed by atoms with Crippen molar-refractivity contribution < 1.29 is 0 Å². The zero-order chi connectivity index (χ0) is 20.5. The Labute approximate surface area is 198 Å². The fraction of sp³-hybridized carbons (Fsp3) is 0.652. The second kappa shape index (κ2) is 13.1. The number of imidazole rings is 1. The number of nitrogens with one attached hydrogen (secondary N) is 2. The third kappa shape index (κ3) is 7.41. The molecule has 7 heteroatoms. The van der Waals surface area contributed by atoms with Crippen molar-refractivity contribution in [1.29, 1.82) is 0 Å². The summed E-state index contributed by atoms with van der Waals surface area (Å²) >= 11 is 0. The molecule has 0 spiro atoms. The van der Waals surface area contributed by atoms with Gasteiger partial charge in [0.1, 0.15) is 5.82 Å². The largest absolute Gasteiger partial charge is 0.356 e. The SMILES string of the molecule is CN=C(NCCCCN1CCC(C)CC1)NCCCn1c(C)nc2ccccc21.I. The Morgan fingerprint density at radius 1 is 1.07 bits per heavy atom. The van der Waals surface area contributed by atoms with E-state index in [1.165, 1.54) is 50.8 Å². The Hall–Kier alpha value is -1.35. The van der Waals surface area contributed by atoms with Crippen LogP contribution in [0.3, 0.4) is 0 Å². The maximum Gasteiger partial charge on any atom is 0.190 e. The second-order valence-electron chi connectivity index (χ2n) is 8.31. The number of guanidine groups is 1. The van der Waals surface area contributed by atoms with Gasteiger partial charge in [-0.3, -0.25) is 4.99 Å². The maximum atomic E-state index is 4.64. The van der Waals surface area contributed by atoms with E-state index in [2.05, 4.69) is 62.1 Å². The normalized spacial score (nSPS) is 15.9. The predicted octanol–water partition coefficient (Wildman–Crippen LogP) is 4.03. The molecule has 2 heterocycles. The zero-order valence-electron chi connectivity index (χ0n) is 18.9. The van der Waals surface area contributed by atoms with Crippen molar-refractivity contribution in [3.8, 4) is 0 Å². The van der Waals surface area contributed by atoms with E-state index in [0.29, 0.717) is 0 Å². The van der Waals surface area contributed by atoms with Gasteiger partial charge in [-0.15, -0.1) is 24.0 Å². The average molecular weight is 527 g/mol. The lowest BCUT2D eigenvalue weighted by molar-refractivity contribution is 0.189. The number of benzene rings is 1. The average Bonchev–Trinajstić information content (AvgIpc) is 3.05. The lowest BCUT2D eigenvalue weighted by Gasteiger charge is -2.30. The maximum absolute atomic E-state index is 4.64. The molecule has 0 amide bonds. The topological polar surface area (TPSA) is 57.5 Å². The van der Waals surface area contributed by atoms with Gasteiger partial charge < -0.3 is 20.1 Å². The number of aliphatic imine (C=N–C) groups is 1. The molecule has 1 aromatic heterocycles. The predicted molar refractivity (Wildman–Crippen MR) is 138 cm³/mol. The van der Waals surface area contributed by atoms with Gasteiger partial charge in [-0.2, -0.15) is 0 Å². The molecule has 0 radical (unpaired) electrons. The minimum atomic E-state index is 0. The molecular weight excluding hydrogens is 487 g/mol. The number of aromatic nitrogens is 2. The van der Waals surface area contributed by atoms with Crippen LogP contribution in [0.5, 0.6) is 0 Å². The second-order valence-corrected chi connectivity index (χ2v) is 8.31. The first-order valence-corrected chi connectivity index (χ1v) is 11.3. The van der Waals surface area contributed by atoms with Crippen LogP contribution >= 0.6 is 24.0 Å². The van der Waals surface area contributed by atoms with Crippen LogP contribution in [0.1, 0.15) is 44.9 Å². The first-order valence-electron chi connectivity index (χ1n) is 11.3. The molecule has 0 saturated carbocycles. The highest BCUT2D eigenvalue weighted by atomic mass is 127. The molecule has 6 nitrogen and oxygen atoms in total. The Balaban J connectivity index is 0.00000320. The lowest BCUT2D eigenvalue weighted by atomic mass is 9.99. The summed E-state index contributed by atoms with van der Waals surface area (Å²) in [5, 5.41) is 6.89. The van der Waals surface area contributed by atoms with E-state index in [9.17, 15) is 0 Å². The van der Waals surface area contributed by atoms with Crippen molar-refractivity contribution in [3.63, 3.8) is 0 Å². The molecule has 1 aliphatic heterocycles. The standard InChI is InChI=1S/C23H38N6.HI/c1-19-11-17-28(18-12-19)15-7-6-13-25-23(24-3)26-14-8-16-29-20(2)27-21-9-4-5-10-22(21)29;/h4-5,9-10,19H,6-8,11-18H2,1-3H3,(H2,24,25,26);1H. The molecule has 2 N–H and O–H groups in total.